The maximum atomic E-state index is 13.3. The minimum atomic E-state index is -0.690. The first kappa shape index (κ1) is 33.2. The number of hydrogen-bond acceptors (Lipinski definition) is 9. The van der Waals surface area contributed by atoms with Crippen molar-refractivity contribution in [2.75, 3.05) is 12.3 Å². The Balaban J connectivity index is 1.22. The first-order valence-electron chi connectivity index (χ1n) is 16.5. The second-order valence-corrected chi connectivity index (χ2v) is 13.9. The van der Waals surface area contributed by atoms with E-state index in [1.165, 1.54) is 49.4 Å². The summed E-state index contributed by atoms with van der Waals surface area (Å²) in [6.07, 6.45) is 15.3. The summed E-state index contributed by atoms with van der Waals surface area (Å²) in [5.74, 6) is 2.05. The van der Waals surface area contributed by atoms with Crippen LogP contribution < -0.4 is 5.73 Å². The first-order valence-corrected chi connectivity index (χ1v) is 16.5. The predicted octanol–water partition coefficient (Wildman–Crippen LogP) is 6.17. The predicted molar refractivity (Wildman–Crippen MR) is 175 cm³/mol. The average Bonchev–Trinajstić information content (AvgIpc) is 3.04. The SMILES string of the molecule is CCC1CCC(C2CCC(c3cnc(-c4ccc(CN(CC(=O)OC(C)(C)C)C(=O)c5cnc(N)cn5)cc4)nc3)C(=O)C2)CC1. The number of Topliss-reactive ketones (excluding diaryl/α,β-unsaturated/α-hetero) is 1. The molecule has 10 nitrogen and oxygen atoms in total. The van der Waals surface area contributed by atoms with Crippen LogP contribution in [-0.2, 0) is 20.9 Å². The zero-order valence-electron chi connectivity index (χ0n) is 27.4. The number of ketones is 1. The van der Waals surface area contributed by atoms with E-state index in [1.54, 1.807) is 33.2 Å². The molecule has 5 rings (SSSR count). The van der Waals surface area contributed by atoms with Gasteiger partial charge in [0.15, 0.2) is 5.82 Å². The highest BCUT2D eigenvalue weighted by Crippen LogP contribution is 2.43. The van der Waals surface area contributed by atoms with Gasteiger partial charge < -0.3 is 15.4 Å². The number of rotatable bonds is 9. The van der Waals surface area contributed by atoms with Gasteiger partial charge >= 0.3 is 5.97 Å². The Morgan fingerprint density at radius 1 is 0.891 bits per heavy atom. The topological polar surface area (TPSA) is 141 Å². The molecule has 10 heteroatoms. The number of esters is 1. The van der Waals surface area contributed by atoms with Gasteiger partial charge in [-0.3, -0.25) is 14.4 Å². The molecule has 2 saturated carbocycles. The van der Waals surface area contributed by atoms with Crippen LogP contribution in [-0.4, -0.2) is 54.6 Å². The minimum absolute atomic E-state index is 0.0777. The maximum Gasteiger partial charge on any atom is 0.326 e. The molecule has 3 aromatic rings. The second kappa shape index (κ2) is 14.5. The molecule has 0 saturated heterocycles. The second-order valence-electron chi connectivity index (χ2n) is 13.9. The van der Waals surface area contributed by atoms with Crippen molar-refractivity contribution in [2.45, 2.75) is 97.1 Å². The molecule has 0 bridgehead atoms. The minimum Gasteiger partial charge on any atom is -0.459 e. The van der Waals surface area contributed by atoms with E-state index in [4.69, 9.17) is 10.5 Å². The third-order valence-electron chi connectivity index (χ3n) is 9.39. The molecular formula is C36H46N6O4. The molecule has 2 N–H and O–H groups in total. The summed E-state index contributed by atoms with van der Waals surface area (Å²) in [6.45, 7) is 7.51. The molecule has 0 spiro atoms. The van der Waals surface area contributed by atoms with Crippen molar-refractivity contribution in [3.05, 3.63) is 65.9 Å². The van der Waals surface area contributed by atoms with Crippen LogP contribution in [0.5, 0.6) is 0 Å². The van der Waals surface area contributed by atoms with Crippen LogP contribution in [0.1, 0.15) is 107 Å². The number of ether oxygens (including phenoxy) is 1. The van der Waals surface area contributed by atoms with Crippen LogP contribution in [0.25, 0.3) is 11.4 Å². The fourth-order valence-corrected chi connectivity index (χ4v) is 6.85. The van der Waals surface area contributed by atoms with Crippen LogP contribution in [0.4, 0.5) is 5.82 Å². The van der Waals surface area contributed by atoms with Gasteiger partial charge in [-0.1, -0.05) is 50.5 Å². The molecule has 2 unspecified atom stereocenters. The largest absolute Gasteiger partial charge is 0.459 e. The standard InChI is InChI=1S/C36H46N6O4/c1-5-23-6-10-25(11-7-23)27-14-15-29(31(43)16-27)28-17-40-34(41-18-28)26-12-8-24(9-13-26)21-42(22-33(44)46-36(2,3)4)35(45)30-19-39-32(37)20-38-30/h8-9,12-13,17-20,23,25,27,29H,5-7,10-11,14-16,21-22H2,1-4H3,(H2,37,39). The van der Waals surface area contributed by atoms with Gasteiger partial charge in [0.2, 0.25) is 0 Å². The lowest BCUT2D eigenvalue weighted by atomic mass is 9.68. The van der Waals surface area contributed by atoms with Gasteiger partial charge in [0.05, 0.1) is 12.4 Å². The summed E-state index contributed by atoms with van der Waals surface area (Å²) in [4.78, 5) is 57.8. The molecule has 2 aliphatic carbocycles. The van der Waals surface area contributed by atoms with Gasteiger partial charge in [-0.25, -0.2) is 19.9 Å². The van der Waals surface area contributed by atoms with Crippen molar-refractivity contribution < 1.29 is 19.1 Å². The van der Waals surface area contributed by atoms with E-state index in [1.807, 2.05) is 24.3 Å². The van der Waals surface area contributed by atoms with Gasteiger partial charge in [-0.15, -0.1) is 0 Å². The lowest BCUT2D eigenvalue weighted by molar-refractivity contribution is -0.155. The van der Waals surface area contributed by atoms with E-state index >= 15 is 0 Å². The lowest BCUT2D eigenvalue weighted by Crippen LogP contribution is -2.38. The van der Waals surface area contributed by atoms with Gasteiger partial charge in [0.25, 0.3) is 5.91 Å². The highest BCUT2D eigenvalue weighted by atomic mass is 16.6. The number of carbonyl (C=O) groups is 3. The van der Waals surface area contributed by atoms with Crippen molar-refractivity contribution in [2.24, 2.45) is 17.8 Å². The number of benzene rings is 1. The van der Waals surface area contributed by atoms with Crippen molar-refractivity contribution >= 4 is 23.5 Å². The quantitative estimate of drug-likeness (QED) is 0.276. The number of carbonyl (C=O) groups excluding carboxylic acids is 3. The normalized spacial score (nSPS) is 21.9. The van der Waals surface area contributed by atoms with E-state index < -0.39 is 17.5 Å². The number of aromatic nitrogens is 4. The molecule has 0 aliphatic heterocycles. The molecule has 1 amide bonds. The molecule has 1 aromatic carbocycles. The molecule has 46 heavy (non-hydrogen) atoms. The average molecular weight is 627 g/mol. The van der Waals surface area contributed by atoms with Crippen molar-refractivity contribution in [1.82, 2.24) is 24.8 Å². The van der Waals surface area contributed by atoms with Gasteiger partial charge in [0.1, 0.15) is 29.4 Å². The molecular weight excluding hydrogens is 580 g/mol. The Morgan fingerprint density at radius 3 is 2.15 bits per heavy atom. The third kappa shape index (κ3) is 8.53. The molecule has 2 aromatic heterocycles. The van der Waals surface area contributed by atoms with E-state index in [-0.39, 0.29) is 30.5 Å². The van der Waals surface area contributed by atoms with Crippen LogP contribution in [0, 0.1) is 17.8 Å². The van der Waals surface area contributed by atoms with Gasteiger partial charge in [-0.05, 0) is 75.3 Å². The molecule has 2 aliphatic rings. The fourth-order valence-electron chi connectivity index (χ4n) is 6.85. The third-order valence-corrected chi connectivity index (χ3v) is 9.39. The van der Waals surface area contributed by atoms with E-state index in [9.17, 15) is 14.4 Å². The highest BCUT2D eigenvalue weighted by Gasteiger charge is 2.35. The number of amides is 1. The van der Waals surface area contributed by atoms with Crippen molar-refractivity contribution in [3.8, 4) is 11.4 Å². The lowest BCUT2D eigenvalue weighted by Gasteiger charge is -2.37. The summed E-state index contributed by atoms with van der Waals surface area (Å²) in [5.41, 5.74) is 7.51. The number of nitrogens with two attached hydrogens (primary N) is 1. The van der Waals surface area contributed by atoms with Crippen LogP contribution in [0.2, 0.25) is 0 Å². The van der Waals surface area contributed by atoms with E-state index in [0.717, 1.165) is 35.4 Å². The van der Waals surface area contributed by atoms with Crippen LogP contribution in [0.15, 0.2) is 49.1 Å². The fraction of sp³-hybridized carbons (Fsp3) is 0.528. The summed E-state index contributed by atoms with van der Waals surface area (Å²) >= 11 is 0. The zero-order valence-corrected chi connectivity index (χ0v) is 27.4. The first-order chi connectivity index (χ1) is 22.0. The van der Waals surface area contributed by atoms with Gasteiger partial charge in [0, 0.05) is 36.8 Å². The number of nitrogen functional groups attached to an aromatic ring is 1. The molecule has 0 radical (unpaired) electrons. The Labute approximate surface area is 271 Å². The number of hydrogen-bond donors (Lipinski definition) is 1. The summed E-state index contributed by atoms with van der Waals surface area (Å²) in [5, 5.41) is 0. The summed E-state index contributed by atoms with van der Waals surface area (Å²) < 4.78 is 5.46. The number of anilines is 1. The molecule has 2 atom stereocenters. The molecule has 244 valence electrons. The zero-order chi connectivity index (χ0) is 32.8. The van der Waals surface area contributed by atoms with E-state index in [0.29, 0.717) is 29.9 Å². The van der Waals surface area contributed by atoms with Crippen molar-refractivity contribution in [3.63, 3.8) is 0 Å². The van der Waals surface area contributed by atoms with Crippen LogP contribution >= 0.6 is 0 Å². The van der Waals surface area contributed by atoms with E-state index in [2.05, 4.69) is 26.9 Å². The van der Waals surface area contributed by atoms with Crippen LogP contribution in [0.3, 0.4) is 0 Å². The smallest absolute Gasteiger partial charge is 0.326 e. The molecule has 2 fully saturated rings. The summed E-state index contributed by atoms with van der Waals surface area (Å²) in [7, 11) is 0. The Kier molecular flexibility index (Phi) is 10.4. The van der Waals surface area contributed by atoms with Gasteiger partial charge in [-0.2, -0.15) is 0 Å². The monoisotopic (exact) mass is 626 g/mol. The Bertz CT molecular complexity index is 1490. The maximum absolute atomic E-state index is 13.3. The highest BCUT2D eigenvalue weighted by molar-refractivity contribution is 5.94. The molecule has 2 heterocycles. The van der Waals surface area contributed by atoms with Crippen molar-refractivity contribution in [1.29, 1.82) is 0 Å². The number of nitrogens with zero attached hydrogens (tertiary/aromatic N) is 5. The Hall–Kier alpha value is -4.21. The Morgan fingerprint density at radius 2 is 1.57 bits per heavy atom. The summed E-state index contributed by atoms with van der Waals surface area (Å²) in [6, 6.07) is 7.51.